The van der Waals surface area contributed by atoms with Crippen LogP contribution in [-0.4, -0.2) is 13.5 Å². The van der Waals surface area contributed by atoms with Gasteiger partial charge in [0.25, 0.3) is 0 Å². The van der Waals surface area contributed by atoms with Crippen LogP contribution in [0.3, 0.4) is 0 Å². The lowest BCUT2D eigenvalue weighted by molar-refractivity contribution is 0.574. The molecule has 0 spiro atoms. The first kappa shape index (κ1) is 19.8. The molecule has 1 atom stereocenters. The van der Waals surface area contributed by atoms with Gasteiger partial charge in [0.15, 0.2) is 7.14 Å². The van der Waals surface area contributed by atoms with Crippen LogP contribution in [0.4, 0.5) is 0 Å². The third-order valence-electron chi connectivity index (χ3n) is 4.81. The lowest BCUT2D eigenvalue weighted by atomic mass is 10.2. The predicted molar refractivity (Wildman–Crippen MR) is 120 cm³/mol. The lowest BCUT2D eigenvalue weighted by Crippen LogP contribution is -2.51. The summed E-state index contributed by atoms with van der Waals surface area (Å²) < 4.78 is 14.8. The molecule has 3 aromatic carbocycles. The zero-order chi connectivity index (χ0) is 19.3. The number of hydrogen-bond acceptors (Lipinski definition) is 2. The van der Waals surface area contributed by atoms with Crippen LogP contribution in [0.5, 0.6) is 0 Å². The van der Waals surface area contributed by atoms with E-state index in [1.165, 1.54) is 5.56 Å². The zero-order valence-electron chi connectivity index (χ0n) is 16.3. The molecule has 140 valence electrons. The first-order valence-corrected chi connectivity index (χ1v) is 14.8. The van der Waals surface area contributed by atoms with E-state index in [1.54, 1.807) is 0 Å². The molecule has 0 amide bonds. The van der Waals surface area contributed by atoms with Crippen molar-refractivity contribution in [3.63, 3.8) is 0 Å². The summed E-state index contributed by atoms with van der Waals surface area (Å²) in [5.41, 5.74) is 1.22. The molecule has 1 unspecified atom stereocenters. The van der Waals surface area contributed by atoms with Gasteiger partial charge in [-0.15, -0.1) is 0 Å². The van der Waals surface area contributed by atoms with Gasteiger partial charge in [-0.05, 0) is 5.56 Å². The standard InChI is InChI=1S/C23H28NOPSi/c1-27(2,3)23(24-19-20-13-7-4-8-14-20)26(25,21-15-9-5-10-16-21)22-17-11-6-12-18-22/h4-18,23-24H,19H2,1-3H3. The quantitative estimate of drug-likeness (QED) is 0.452. The van der Waals surface area contributed by atoms with Gasteiger partial charge in [-0.1, -0.05) is 111 Å². The maximum atomic E-state index is 14.8. The van der Waals surface area contributed by atoms with E-state index in [9.17, 15) is 4.57 Å². The Morgan fingerprint density at radius 3 is 1.56 bits per heavy atom. The van der Waals surface area contributed by atoms with Crippen molar-refractivity contribution >= 4 is 25.8 Å². The molecule has 3 rings (SSSR count). The Labute approximate surface area is 164 Å². The summed E-state index contributed by atoms with van der Waals surface area (Å²) in [6.45, 7) is 7.62. The molecule has 3 aromatic rings. The minimum atomic E-state index is -2.84. The topological polar surface area (TPSA) is 29.1 Å². The van der Waals surface area contributed by atoms with E-state index in [-0.39, 0.29) is 5.41 Å². The second-order valence-corrected chi connectivity index (χ2v) is 16.6. The maximum absolute atomic E-state index is 14.8. The van der Waals surface area contributed by atoms with Gasteiger partial charge >= 0.3 is 0 Å². The molecule has 2 nitrogen and oxygen atoms in total. The summed E-state index contributed by atoms with van der Waals surface area (Å²) in [6.07, 6.45) is 0. The van der Waals surface area contributed by atoms with E-state index in [1.807, 2.05) is 66.7 Å². The fourth-order valence-electron chi connectivity index (χ4n) is 3.54. The molecular weight excluding hydrogens is 365 g/mol. The van der Waals surface area contributed by atoms with Gasteiger partial charge in [0.1, 0.15) is 0 Å². The molecule has 0 saturated heterocycles. The van der Waals surface area contributed by atoms with E-state index in [0.717, 1.165) is 17.2 Å². The monoisotopic (exact) mass is 393 g/mol. The van der Waals surface area contributed by atoms with E-state index >= 15 is 0 Å². The average Bonchev–Trinajstić information content (AvgIpc) is 2.69. The third-order valence-corrected chi connectivity index (χ3v) is 13.1. The summed E-state index contributed by atoms with van der Waals surface area (Å²) in [4.78, 5) is 0. The third kappa shape index (κ3) is 4.49. The molecule has 0 radical (unpaired) electrons. The number of benzene rings is 3. The van der Waals surface area contributed by atoms with Crippen molar-refractivity contribution in [1.29, 1.82) is 0 Å². The van der Waals surface area contributed by atoms with Crippen LogP contribution in [0, 0.1) is 0 Å². The minimum absolute atomic E-state index is 0.0463. The van der Waals surface area contributed by atoms with Gasteiger partial charge in [0.05, 0.1) is 13.5 Å². The Balaban J connectivity index is 2.07. The lowest BCUT2D eigenvalue weighted by Gasteiger charge is -2.37. The van der Waals surface area contributed by atoms with E-state index in [2.05, 4.69) is 49.2 Å². The van der Waals surface area contributed by atoms with Crippen LogP contribution in [-0.2, 0) is 11.1 Å². The molecule has 0 saturated carbocycles. The van der Waals surface area contributed by atoms with Gasteiger partial charge in [-0.25, -0.2) is 0 Å². The largest absolute Gasteiger partial charge is 0.312 e. The van der Waals surface area contributed by atoms with E-state index in [0.29, 0.717) is 0 Å². The second-order valence-electron chi connectivity index (χ2n) is 7.96. The maximum Gasteiger partial charge on any atom is 0.156 e. The first-order valence-electron chi connectivity index (χ1n) is 9.40. The molecule has 1 N–H and O–H groups in total. The zero-order valence-corrected chi connectivity index (χ0v) is 18.2. The highest BCUT2D eigenvalue weighted by atomic mass is 31.2. The molecule has 0 heterocycles. The molecular formula is C23H28NOPSi. The molecule has 27 heavy (non-hydrogen) atoms. The van der Waals surface area contributed by atoms with Crippen LogP contribution in [0.2, 0.25) is 19.6 Å². The van der Waals surface area contributed by atoms with Crippen LogP contribution >= 0.6 is 7.14 Å². The Bertz CT molecular complexity index is 848. The first-order chi connectivity index (χ1) is 12.9. The van der Waals surface area contributed by atoms with Gasteiger partial charge in [0.2, 0.25) is 0 Å². The highest BCUT2D eigenvalue weighted by Gasteiger charge is 2.43. The fraction of sp³-hybridized carbons (Fsp3) is 0.217. The van der Waals surface area contributed by atoms with Crippen molar-refractivity contribution < 1.29 is 4.57 Å². The summed E-state index contributed by atoms with van der Waals surface area (Å²) >= 11 is 0. The SMILES string of the molecule is C[Si](C)(C)C(NCc1ccccc1)P(=O)(c1ccccc1)c1ccccc1. The Morgan fingerprint density at radius 1 is 0.741 bits per heavy atom. The molecule has 4 heteroatoms. The van der Waals surface area contributed by atoms with Gasteiger partial charge in [-0.3, -0.25) is 0 Å². The predicted octanol–water partition coefficient (Wildman–Crippen LogP) is 4.99. The Hall–Kier alpha value is -1.93. The summed E-state index contributed by atoms with van der Waals surface area (Å²) in [6, 6.07) is 30.4. The molecule has 0 fully saturated rings. The summed E-state index contributed by atoms with van der Waals surface area (Å²) in [5, 5.41) is 5.53. The summed E-state index contributed by atoms with van der Waals surface area (Å²) in [7, 11) is -4.66. The van der Waals surface area contributed by atoms with Crippen LogP contribution in [0.1, 0.15) is 5.56 Å². The van der Waals surface area contributed by atoms with Crippen LogP contribution in [0.25, 0.3) is 0 Å². The van der Waals surface area contributed by atoms with Gasteiger partial charge in [-0.2, -0.15) is 0 Å². The molecule has 0 bridgehead atoms. The summed E-state index contributed by atoms with van der Waals surface area (Å²) in [5.74, 6) is 0. The molecule has 0 aliphatic carbocycles. The second kappa shape index (κ2) is 8.39. The highest BCUT2D eigenvalue weighted by molar-refractivity contribution is 7.81. The molecule has 0 aliphatic heterocycles. The smallest absolute Gasteiger partial charge is 0.156 e. The number of nitrogens with one attached hydrogen (secondary N) is 1. The average molecular weight is 394 g/mol. The van der Waals surface area contributed by atoms with Crippen molar-refractivity contribution in [2.24, 2.45) is 0 Å². The molecule has 0 aliphatic rings. The number of hydrogen-bond donors (Lipinski definition) is 1. The van der Waals surface area contributed by atoms with Crippen molar-refractivity contribution in [3.8, 4) is 0 Å². The van der Waals surface area contributed by atoms with Crippen molar-refractivity contribution in [2.75, 3.05) is 0 Å². The fourth-order valence-corrected chi connectivity index (χ4v) is 12.0. The van der Waals surface area contributed by atoms with Gasteiger partial charge in [0, 0.05) is 17.2 Å². The van der Waals surface area contributed by atoms with E-state index < -0.39 is 15.2 Å². The minimum Gasteiger partial charge on any atom is -0.312 e. The van der Waals surface area contributed by atoms with Crippen LogP contribution in [0.15, 0.2) is 91.0 Å². The molecule has 0 aromatic heterocycles. The van der Waals surface area contributed by atoms with Crippen molar-refractivity contribution in [1.82, 2.24) is 5.32 Å². The van der Waals surface area contributed by atoms with Crippen molar-refractivity contribution in [3.05, 3.63) is 96.6 Å². The normalized spacial score (nSPS) is 13.3. The highest BCUT2D eigenvalue weighted by Crippen LogP contribution is 2.50. The van der Waals surface area contributed by atoms with Gasteiger partial charge < -0.3 is 9.88 Å². The Kier molecular flexibility index (Phi) is 6.16. The van der Waals surface area contributed by atoms with Crippen LogP contribution < -0.4 is 15.9 Å². The number of rotatable bonds is 7. The van der Waals surface area contributed by atoms with Crippen molar-refractivity contribution in [2.45, 2.75) is 31.6 Å². The van der Waals surface area contributed by atoms with E-state index in [4.69, 9.17) is 0 Å². The Morgan fingerprint density at radius 2 is 1.15 bits per heavy atom.